The van der Waals surface area contributed by atoms with Crippen molar-refractivity contribution in [2.45, 2.75) is 24.0 Å². The molecule has 0 bridgehead atoms. The average Bonchev–Trinajstić information content (AvgIpc) is 3.36. The molecule has 0 saturated carbocycles. The predicted octanol–water partition coefficient (Wildman–Crippen LogP) is 4.27. The average molecular weight is 438 g/mol. The summed E-state index contributed by atoms with van der Waals surface area (Å²) in [4.78, 5) is 17.2. The Labute approximate surface area is 178 Å². The van der Waals surface area contributed by atoms with Crippen molar-refractivity contribution >= 4 is 39.5 Å². The van der Waals surface area contributed by atoms with Crippen LogP contribution in [0.15, 0.2) is 71.1 Å². The first-order chi connectivity index (χ1) is 15.1. The second-order valence-corrected chi connectivity index (χ2v) is 7.74. The molecule has 2 aromatic carbocycles. The van der Waals surface area contributed by atoms with Gasteiger partial charge in [-0.25, -0.2) is 4.98 Å². The number of allylic oxidation sites excluding steroid dienone is 1. The van der Waals surface area contributed by atoms with E-state index in [4.69, 9.17) is 0 Å². The second-order valence-electron chi connectivity index (χ2n) is 6.79. The highest BCUT2D eigenvalue weighted by molar-refractivity contribution is 7.98. The summed E-state index contributed by atoms with van der Waals surface area (Å²) in [7, 11) is 0. The van der Waals surface area contributed by atoms with Gasteiger partial charge >= 0.3 is 6.55 Å². The molecule has 0 fully saturated rings. The molecule has 0 N–H and O–H groups in total. The summed E-state index contributed by atoms with van der Waals surface area (Å²) < 4.78 is 31.6. The van der Waals surface area contributed by atoms with E-state index in [9.17, 15) is 13.6 Å². The Hall–Kier alpha value is -3.53. The maximum atomic E-state index is 13.7. The van der Waals surface area contributed by atoms with Gasteiger partial charge in [0.2, 0.25) is 5.78 Å². The van der Waals surface area contributed by atoms with Crippen LogP contribution in [0.5, 0.6) is 0 Å². The lowest BCUT2D eigenvalue weighted by atomic mass is 10.2. The first-order valence-corrected chi connectivity index (χ1v) is 10.4. The van der Waals surface area contributed by atoms with Crippen LogP contribution in [0.1, 0.15) is 12.4 Å². The minimum absolute atomic E-state index is 0.161. The van der Waals surface area contributed by atoms with Crippen LogP contribution in [0.4, 0.5) is 8.78 Å². The minimum Gasteiger partial charge on any atom is -0.272 e. The Balaban J connectivity index is 1.63. The maximum Gasteiger partial charge on any atom is 0.320 e. The van der Waals surface area contributed by atoms with Crippen LogP contribution in [0.25, 0.3) is 27.7 Å². The zero-order chi connectivity index (χ0) is 21.5. The fourth-order valence-electron chi connectivity index (χ4n) is 3.66. The van der Waals surface area contributed by atoms with Crippen molar-refractivity contribution in [2.75, 3.05) is 0 Å². The Morgan fingerprint density at radius 3 is 2.58 bits per heavy atom. The summed E-state index contributed by atoms with van der Waals surface area (Å²) in [6, 6.07) is 14.0. The number of thioether (sulfide) groups is 1. The molecule has 0 aliphatic carbocycles. The quantitative estimate of drug-likeness (QED) is 0.293. The van der Waals surface area contributed by atoms with Gasteiger partial charge in [-0.05, 0) is 24.3 Å². The fourth-order valence-corrected chi connectivity index (χ4v) is 4.53. The van der Waals surface area contributed by atoms with Gasteiger partial charge in [0.15, 0.2) is 5.16 Å². The van der Waals surface area contributed by atoms with Crippen LogP contribution < -0.4 is 5.56 Å². The summed E-state index contributed by atoms with van der Waals surface area (Å²) in [5.74, 6) is 0.768. The first kappa shape index (κ1) is 19.4. The molecule has 5 rings (SSSR count). The third-order valence-electron chi connectivity index (χ3n) is 4.98. The monoisotopic (exact) mass is 438 g/mol. The Kier molecular flexibility index (Phi) is 4.78. The third-order valence-corrected chi connectivity index (χ3v) is 5.91. The number of para-hydroxylation sites is 3. The highest BCUT2D eigenvalue weighted by Crippen LogP contribution is 2.29. The van der Waals surface area contributed by atoms with Crippen LogP contribution in [-0.2, 0) is 12.3 Å². The highest BCUT2D eigenvalue weighted by Gasteiger charge is 2.20. The normalized spacial score (nSPS) is 11.8. The van der Waals surface area contributed by atoms with E-state index in [1.54, 1.807) is 46.9 Å². The summed E-state index contributed by atoms with van der Waals surface area (Å²) in [6.07, 6.45) is 1.61. The van der Waals surface area contributed by atoms with Gasteiger partial charge in [-0.3, -0.25) is 18.3 Å². The van der Waals surface area contributed by atoms with Gasteiger partial charge in [0.1, 0.15) is 5.82 Å². The van der Waals surface area contributed by atoms with Crippen molar-refractivity contribution in [2.24, 2.45) is 0 Å². The molecule has 0 atom stereocenters. The van der Waals surface area contributed by atoms with Gasteiger partial charge in [0.25, 0.3) is 5.56 Å². The van der Waals surface area contributed by atoms with E-state index < -0.39 is 6.55 Å². The van der Waals surface area contributed by atoms with Gasteiger partial charge in [-0.15, -0.1) is 16.8 Å². The number of aromatic nitrogens is 6. The molecule has 156 valence electrons. The number of rotatable bonds is 6. The molecule has 0 radical (unpaired) electrons. The number of nitrogens with zero attached hydrogens (tertiary/aromatic N) is 6. The van der Waals surface area contributed by atoms with E-state index >= 15 is 0 Å². The van der Waals surface area contributed by atoms with E-state index in [1.165, 1.54) is 16.3 Å². The summed E-state index contributed by atoms with van der Waals surface area (Å²) >= 11 is 1.24. The SMILES string of the molecule is C=CCn1c(=O)c2ccccc2n2c(SCc3nc4ccccc4n3C(F)F)nnc12. The molecule has 0 amide bonds. The number of hydrogen-bond acceptors (Lipinski definition) is 5. The van der Waals surface area contributed by atoms with Crippen molar-refractivity contribution in [1.29, 1.82) is 0 Å². The molecule has 0 aliphatic heterocycles. The largest absolute Gasteiger partial charge is 0.320 e. The van der Waals surface area contributed by atoms with E-state index in [0.717, 1.165) is 4.57 Å². The lowest BCUT2D eigenvalue weighted by Gasteiger charge is -2.10. The molecule has 10 heteroatoms. The van der Waals surface area contributed by atoms with Crippen LogP contribution in [0.3, 0.4) is 0 Å². The standard InChI is InChI=1S/C21H16F2N6OS/c1-2-11-27-18(30)13-7-3-5-9-15(13)29-20(27)25-26-21(29)31-12-17-24-14-8-4-6-10-16(14)28(17)19(22)23/h2-10,19H,1,11-12H2. The fraction of sp³-hybridized carbons (Fsp3) is 0.143. The Morgan fingerprint density at radius 2 is 1.81 bits per heavy atom. The molecule has 5 aromatic rings. The molecule has 3 aromatic heterocycles. The number of benzene rings is 2. The predicted molar refractivity (Wildman–Crippen MR) is 115 cm³/mol. The number of halogens is 2. The van der Waals surface area contributed by atoms with Gasteiger partial charge in [-0.2, -0.15) is 8.78 Å². The van der Waals surface area contributed by atoms with E-state index in [2.05, 4.69) is 21.8 Å². The van der Waals surface area contributed by atoms with Crippen molar-refractivity contribution in [3.63, 3.8) is 0 Å². The Morgan fingerprint density at radius 1 is 1.06 bits per heavy atom. The molecule has 0 saturated heterocycles. The first-order valence-electron chi connectivity index (χ1n) is 9.44. The molecule has 3 heterocycles. The number of fused-ring (bicyclic) bond motifs is 4. The van der Waals surface area contributed by atoms with E-state index in [-0.39, 0.29) is 23.7 Å². The molecule has 31 heavy (non-hydrogen) atoms. The molecule has 0 aliphatic rings. The van der Waals surface area contributed by atoms with E-state index in [0.29, 0.717) is 32.9 Å². The van der Waals surface area contributed by atoms with Gasteiger partial charge < -0.3 is 0 Å². The maximum absolute atomic E-state index is 13.7. The zero-order valence-electron chi connectivity index (χ0n) is 16.2. The smallest absolute Gasteiger partial charge is 0.272 e. The van der Waals surface area contributed by atoms with Crippen molar-refractivity contribution in [3.8, 4) is 0 Å². The molecule has 7 nitrogen and oxygen atoms in total. The Bertz CT molecular complexity index is 1500. The lowest BCUT2D eigenvalue weighted by Crippen LogP contribution is -2.22. The van der Waals surface area contributed by atoms with Crippen LogP contribution >= 0.6 is 11.8 Å². The minimum atomic E-state index is -2.71. The molecular weight excluding hydrogens is 422 g/mol. The lowest BCUT2D eigenvalue weighted by molar-refractivity contribution is 0.0722. The van der Waals surface area contributed by atoms with Crippen molar-refractivity contribution in [3.05, 3.63) is 77.4 Å². The molecular formula is C21H16F2N6OS. The van der Waals surface area contributed by atoms with Crippen LogP contribution in [0.2, 0.25) is 0 Å². The topological polar surface area (TPSA) is 70.0 Å². The van der Waals surface area contributed by atoms with Gasteiger partial charge in [-0.1, -0.05) is 42.1 Å². The zero-order valence-corrected chi connectivity index (χ0v) is 17.0. The van der Waals surface area contributed by atoms with Gasteiger partial charge in [0, 0.05) is 6.54 Å². The second kappa shape index (κ2) is 7.62. The number of hydrogen-bond donors (Lipinski definition) is 0. The van der Waals surface area contributed by atoms with Crippen LogP contribution in [0, 0.1) is 0 Å². The highest BCUT2D eigenvalue weighted by atomic mass is 32.2. The molecule has 0 spiro atoms. The summed E-state index contributed by atoms with van der Waals surface area (Å²) in [5, 5.41) is 9.42. The van der Waals surface area contributed by atoms with Crippen LogP contribution in [-0.4, -0.2) is 28.7 Å². The molecule has 0 unspecified atom stereocenters. The number of imidazole rings is 1. The van der Waals surface area contributed by atoms with E-state index in [1.807, 2.05) is 12.1 Å². The van der Waals surface area contributed by atoms with Gasteiger partial charge in [0.05, 0.1) is 27.7 Å². The summed E-state index contributed by atoms with van der Waals surface area (Å²) in [5.41, 5.74) is 1.35. The number of alkyl halides is 2. The van der Waals surface area contributed by atoms with Crippen molar-refractivity contribution in [1.82, 2.24) is 28.7 Å². The summed E-state index contributed by atoms with van der Waals surface area (Å²) in [6.45, 7) is 1.27. The third kappa shape index (κ3) is 3.10. The van der Waals surface area contributed by atoms with Crippen molar-refractivity contribution < 1.29 is 8.78 Å².